The highest BCUT2D eigenvalue weighted by atomic mass is 16.5. The second-order valence-electron chi connectivity index (χ2n) is 8.68. The van der Waals surface area contributed by atoms with Crippen LogP contribution in [0.15, 0.2) is 30.0 Å². The van der Waals surface area contributed by atoms with Crippen LogP contribution in [0.5, 0.6) is 0 Å². The molecule has 1 aromatic rings. The first kappa shape index (κ1) is 23.9. The Morgan fingerprint density at radius 3 is 2.31 bits per heavy atom. The highest BCUT2D eigenvalue weighted by molar-refractivity contribution is 6.35. The molecular formula is C24H33N3O5. The molecule has 2 atom stereocenters. The van der Waals surface area contributed by atoms with Gasteiger partial charge in [0.05, 0.1) is 23.9 Å². The Labute approximate surface area is 189 Å². The summed E-state index contributed by atoms with van der Waals surface area (Å²) in [5.41, 5.74) is 2.11. The molecule has 3 rings (SSSR count). The third kappa shape index (κ3) is 5.55. The van der Waals surface area contributed by atoms with Gasteiger partial charge in [0.2, 0.25) is 5.91 Å². The molecule has 2 aliphatic rings. The van der Waals surface area contributed by atoms with E-state index in [1.54, 1.807) is 24.3 Å². The van der Waals surface area contributed by atoms with Crippen molar-refractivity contribution < 1.29 is 23.9 Å². The summed E-state index contributed by atoms with van der Waals surface area (Å²) in [6, 6.07) is 7.01. The minimum atomic E-state index is -0.298. The minimum absolute atomic E-state index is 0.0500. The smallest absolute Gasteiger partial charge is 0.277 e. The molecule has 32 heavy (non-hydrogen) atoms. The van der Waals surface area contributed by atoms with Gasteiger partial charge in [-0.3, -0.25) is 19.3 Å². The lowest BCUT2D eigenvalue weighted by Crippen LogP contribution is -2.47. The van der Waals surface area contributed by atoms with Gasteiger partial charge < -0.3 is 19.7 Å². The van der Waals surface area contributed by atoms with Crippen molar-refractivity contribution in [2.45, 2.75) is 59.4 Å². The van der Waals surface area contributed by atoms with Crippen LogP contribution in [-0.4, -0.2) is 72.1 Å². The number of nitrogens with one attached hydrogen (secondary N) is 1. The molecule has 2 aliphatic heterocycles. The van der Waals surface area contributed by atoms with Gasteiger partial charge in [0.1, 0.15) is 5.70 Å². The number of ether oxygens (including phenoxy) is 2. The summed E-state index contributed by atoms with van der Waals surface area (Å²) in [4.78, 5) is 41.4. The lowest BCUT2D eigenvalue weighted by molar-refractivity contribution is -0.138. The van der Waals surface area contributed by atoms with Crippen LogP contribution < -0.4 is 5.32 Å². The maximum absolute atomic E-state index is 13.4. The van der Waals surface area contributed by atoms with E-state index in [1.807, 2.05) is 32.6 Å². The molecule has 174 valence electrons. The molecule has 3 amide bonds. The molecule has 0 saturated carbocycles. The van der Waals surface area contributed by atoms with Gasteiger partial charge in [0.15, 0.2) is 0 Å². The van der Waals surface area contributed by atoms with Crippen molar-refractivity contribution >= 4 is 29.0 Å². The fraction of sp³-hybridized carbons (Fsp3) is 0.542. The molecule has 1 fully saturated rings. The van der Waals surface area contributed by atoms with Crippen LogP contribution in [0.1, 0.15) is 46.6 Å². The van der Waals surface area contributed by atoms with E-state index in [4.69, 9.17) is 9.47 Å². The zero-order valence-electron chi connectivity index (χ0n) is 19.5. The normalized spacial score (nSPS) is 21.7. The molecule has 8 heteroatoms. The number of nitrogens with zero attached hydrogens (tertiary/aromatic N) is 2. The van der Waals surface area contributed by atoms with E-state index >= 15 is 0 Å². The zero-order chi connectivity index (χ0) is 23.4. The van der Waals surface area contributed by atoms with E-state index in [1.165, 1.54) is 11.8 Å². The van der Waals surface area contributed by atoms with Crippen LogP contribution >= 0.6 is 0 Å². The Kier molecular flexibility index (Phi) is 7.69. The van der Waals surface area contributed by atoms with E-state index in [-0.39, 0.29) is 36.0 Å². The van der Waals surface area contributed by atoms with E-state index in [2.05, 4.69) is 5.32 Å². The molecule has 2 unspecified atom stereocenters. The van der Waals surface area contributed by atoms with E-state index in [9.17, 15) is 14.4 Å². The third-order valence-electron chi connectivity index (χ3n) is 5.35. The van der Waals surface area contributed by atoms with Crippen LogP contribution in [0.4, 0.5) is 5.69 Å². The maximum atomic E-state index is 13.4. The van der Waals surface area contributed by atoms with Crippen LogP contribution in [0, 0.1) is 0 Å². The fourth-order valence-corrected chi connectivity index (χ4v) is 4.15. The van der Waals surface area contributed by atoms with Gasteiger partial charge in [-0.25, -0.2) is 0 Å². The summed E-state index contributed by atoms with van der Waals surface area (Å²) < 4.78 is 11.4. The predicted octanol–water partition coefficient (Wildman–Crippen LogP) is 2.65. The molecule has 0 spiro atoms. The second kappa shape index (κ2) is 10.3. The van der Waals surface area contributed by atoms with Crippen LogP contribution in [0.2, 0.25) is 0 Å². The van der Waals surface area contributed by atoms with Crippen molar-refractivity contribution in [3.63, 3.8) is 0 Å². The molecule has 0 aliphatic carbocycles. The summed E-state index contributed by atoms with van der Waals surface area (Å²) in [5, 5.41) is 2.72. The standard InChI is InChI=1S/C24H33N3O5/c1-15(2)31-12-6-11-27-23(29)21(19-7-9-20(10-8-19)25-18(5)28)22(24(27)30)26-13-16(3)32-17(4)14-26/h7-10,15-17H,6,11-14H2,1-5H3,(H,25,28). The first-order valence-electron chi connectivity index (χ1n) is 11.2. The number of anilines is 1. The number of carbonyl (C=O) groups is 3. The Morgan fingerprint density at radius 2 is 1.75 bits per heavy atom. The lowest BCUT2D eigenvalue weighted by Gasteiger charge is -2.37. The quantitative estimate of drug-likeness (QED) is 0.491. The number of imide groups is 1. The minimum Gasteiger partial charge on any atom is -0.379 e. The Bertz CT molecular complexity index is 883. The average molecular weight is 444 g/mol. The van der Waals surface area contributed by atoms with E-state index in [0.29, 0.717) is 55.2 Å². The largest absolute Gasteiger partial charge is 0.379 e. The van der Waals surface area contributed by atoms with Gasteiger partial charge in [-0.1, -0.05) is 12.1 Å². The van der Waals surface area contributed by atoms with Crippen molar-refractivity contribution in [3.8, 4) is 0 Å². The Hall–Kier alpha value is -2.71. The summed E-state index contributed by atoms with van der Waals surface area (Å²) in [7, 11) is 0. The number of carbonyl (C=O) groups excluding carboxylic acids is 3. The van der Waals surface area contributed by atoms with Crippen molar-refractivity contribution in [1.82, 2.24) is 9.80 Å². The summed E-state index contributed by atoms with van der Waals surface area (Å²) >= 11 is 0. The van der Waals surface area contributed by atoms with Crippen molar-refractivity contribution in [1.29, 1.82) is 0 Å². The van der Waals surface area contributed by atoms with Crippen LogP contribution in [-0.2, 0) is 23.9 Å². The number of rotatable bonds is 8. The first-order chi connectivity index (χ1) is 15.2. The Balaban J connectivity index is 1.91. The van der Waals surface area contributed by atoms with Gasteiger partial charge in [-0.2, -0.15) is 0 Å². The number of amides is 3. The topological polar surface area (TPSA) is 88.2 Å². The summed E-state index contributed by atoms with van der Waals surface area (Å²) in [5.74, 6) is -0.744. The number of hydrogen-bond acceptors (Lipinski definition) is 6. The molecule has 1 aromatic carbocycles. The van der Waals surface area contributed by atoms with Crippen LogP contribution in [0.25, 0.3) is 5.57 Å². The fourth-order valence-electron chi connectivity index (χ4n) is 4.15. The molecule has 1 N–H and O–H groups in total. The van der Waals surface area contributed by atoms with Crippen molar-refractivity contribution in [2.75, 3.05) is 31.6 Å². The predicted molar refractivity (Wildman–Crippen MR) is 122 cm³/mol. The number of hydrogen-bond donors (Lipinski definition) is 1. The maximum Gasteiger partial charge on any atom is 0.277 e. The monoisotopic (exact) mass is 443 g/mol. The molecular weight excluding hydrogens is 410 g/mol. The van der Waals surface area contributed by atoms with Gasteiger partial charge in [0, 0.05) is 38.9 Å². The highest BCUT2D eigenvalue weighted by Gasteiger charge is 2.42. The van der Waals surface area contributed by atoms with Gasteiger partial charge >= 0.3 is 0 Å². The third-order valence-corrected chi connectivity index (χ3v) is 5.35. The highest BCUT2D eigenvalue weighted by Crippen LogP contribution is 2.33. The Morgan fingerprint density at radius 1 is 1.12 bits per heavy atom. The van der Waals surface area contributed by atoms with Gasteiger partial charge in [-0.05, 0) is 51.8 Å². The molecule has 8 nitrogen and oxygen atoms in total. The second-order valence-corrected chi connectivity index (χ2v) is 8.68. The average Bonchev–Trinajstić information content (AvgIpc) is 2.95. The van der Waals surface area contributed by atoms with Crippen molar-refractivity contribution in [3.05, 3.63) is 35.5 Å². The summed E-state index contributed by atoms with van der Waals surface area (Å²) in [6.07, 6.45) is 0.577. The zero-order valence-corrected chi connectivity index (χ0v) is 19.5. The van der Waals surface area contributed by atoms with E-state index in [0.717, 1.165) is 0 Å². The molecule has 1 saturated heterocycles. The number of benzene rings is 1. The summed E-state index contributed by atoms with van der Waals surface area (Å²) in [6.45, 7) is 11.1. The first-order valence-corrected chi connectivity index (χ1v) is 11.2. The molecule has 0 aromatic heterocycles. The van der Waals surface area contributed by atoms with Gasteiger partial charge in [0.25, 0.3) is 11.8 Å². The SMILES string of the molecule is CC(=O)Nc1ccc(C2=C(N3CC(C)OC(C)C3)C(=O)N(CCCOC(C)C)C2=O)cc1. The lowest BCUT2D eigenvalue weighted by atomic mass is 10.0. The van der Waals surface area contributed by atoms with E-state index < -0.39 is 0 Å². The number of morpholine rings is 1. The molecule has 2 heterocycles. The molecule has 0 bridgehead atoms. The molecule has 0 radical (unpaired) electrons. The van der Waals surface area contributed by atoms with Crippen LogP contribution in [0.3, 0.4) is 0 Å². The van der Waals surface area contributed by atoms with Crippen molar-refractivity contribution in [2.24, 2.45) is 0 Å². The van der Waals surface area contributed by atoms with Gasteiger partial charge in [-0.15, -0.1) is 0 Å².